The van der Waals surface area contributed by atoms with Crippen LogP contribution in [0.25, 0.3) is 21.5 Å². The summed E-state index contributed by atoms with van der Waals surface area (Å²) in [4.78, 5) is 25.3. The number of rotatable bonds is 24. The lowest BCUT2D eigenvalue weighted by molar-refractivity contribution is -0.155. The van der Waals surface area contributed by atoms with E-state index in [4.69, 9.17) is 28.4 Å². The maximum atomic E-state index is 12.7. The maximum absolute atomic E-state index is 12.7. The van der Waals surface area contributed by atoms with E-state index in [1.807, 2.05) is 57.2 Å². The zero-order chi connectivity index (χ0) is 33.9. The minimum Gasteiger partial charge on any atom is -0.488 e. The molecule has 8 heteroatoms. The summed E-state index contributed by atoms with van der Waals surface area (Å²) in [6, 6.07) is 14.1. The molecule has 0 spiro atoms. The highest BCUT2D eigenvalue weighted by atomic mass is 16.6. The van der Waals surface area contributed by atoms with Gasteiger partial charge in [0.15, 0.2) is 12.2 Å². The number of fused-ring (bicyclic) bond motifs is 2. The van der Waals surface area contributed by atoms with Crippen molar-refractivity contribution >= 4 is 33.5 Å². The first kappa shape index (κ1) is 38.1. The van der Waals surface area contributed by atoms with Gasteiger partial charge < -0.3 is 28.4 Å². The van der Waals surface area contributed by atoms with Crippen LogP contribution in [0.3, 0.4) is 0 Å². The van der Waals surface area contributed by atoms with Gasteiger partial charge in [-0.2, -0.15) is 0 Å². The molecule has 0 radical (unpaired) electrons. The van der Waals surface area contributed by atoms with E-state index in [-0.39, 0.29) is 38.4 Å². The van der Waals surface area contributed by atoms with Crippen molar-refractivity contribution in [2.75, 3.05) is 39.6 Å². The largest absolute Gasteiger partial charge is 0.488 e. The van der Waals surface area contributed by atoms with Gasteiger partial charge in [0.1, 0.15) is 24.7 Å². The average molecular weight is 653 g/mol. The molecule has 3 aromatic rings. The van der Waals surface area contributed by atoms with Crippen molar-refractivity contribution in [2.24, 2.45) is 0 Å². The molecule has 0 amide bonds. The van der Waals surface area contributed by atoms with Crippen LogP contribution in [0, 0.1) is 6.92 Å². The Morgan fingerprint density at radius 3 is 1.51 bits per heavy atom. The van der Waals surface area contributed by atoms with E-state index in [9.17, 15) is 9.59 Å². The molecule has 0 aliphatic rings. The molecule has 0 aliphatic carbocycles. The number of esters is 2. The maximum Gasteiger partial charge on any atom is 0.306 e. The van der Waals surface area contributed by atoms with E-state index in [0.717, 1.165) is 78.5 Å². The van der Waals surface area contributed by atoms with Crippen LogP contribution in [0.15, 0.2) is 42.5 Å². The van der Waals surface area contributed by atoms with E-state index in [1.54, 1.807) is 0 Å². The minimum atomic E-state index is -0.542. The smallest absolute Gasteiger partial charge is 0.306 e. The number of aryl methyl sites for hydroxylation is 1. The van der Waals surface area contributed by atoms with Gasteiger partial charge in [0.2, 0.25) is 0 Å². The second-order valence-corrected chi connectivity index (χ2v) is 12.0. The standard InChI is InChI=1S/C39H56O8/c1-6-10-12-14-20-36(40)46-30(25-42-8-3)27-44-38-32-18-16-17-19-33(32)39(35-24-29(5)22-23-34(35)38)45-28-31(26-43-9-4)47-37(41)21-15-13-11-7-2/h16-19,22-24,30-31H,6-15,20-21,25-28H2,1-5H3. The van der Waals surface area contributed by atoms with Crippen LogP contribution >= 0.6 is 0 Å². The number of hydrogen-bond donors (Lipinski definition) is 0. The van der Waals surface area contributed by atoms with Crippen LogP contribution in [0.4, 0.5) is 0 Å². The SMILES string of the molecule is CCCCCCC(=O)OC(COCC)COc1c2ccccc2c(OCC(COCC)OC(=O)CCCCCC)c2cc(C)ccc12. The van der Waals surface area contributed by atoms with Crippen LogP contribution in [-0.4, -0.2) is 63.8 Å². The van der Waals surface area contributed by atoms with E-state index in [0.29, 0.717) is 37.6 Å². The van der Waals surface area contributed by atoms with Crippen LogP contribution in [-0.2, 0) is 28.5 Å². The lowest BCUT2D eigenvalue weighted by Crippen LogP contribution is -2.30. The van der Waals surface area contributed by atoms with Crippen molar-refractivity contribution in [3.8, 4) is 11.5 Å². The highest BCUT2D eigenvalue weighted by molar-refractivity contribution is 6.11. The Morgan fingerprint density at radius 2 is 1.04 bits per heavy atom. The summed E-state index contributed by atoms with van der Waals surface area (Å²) >= 11 is 0. The van der Waals surface area contributed by atoms with Crippen molar-refractivity contribution in [1.82, 2.24) is 0 Å². The minimum absolute atomic E-state index is 0.151. The van der Waals surface area contributed by atoms with Gasteiger partial charge in [-0.3, -0.25) is 9.59 Å². The number of ether oxygens (including phenoxy) is 6. The van der Waals surface area contributed by atoms with Gasteiger partial charge in [-0.25, -0.2) is 0 Å². The highest BCUT2D eigenvalue weighted by Crippen LogP contribution is 2.43. The van der Waals surface area contributed by atoms with Gasteiger partial charge in [-0.15, -0.1) is 0 Å². The lowest BCUT2D eigenvalue weighted by atomic mass is 9.99. The molecule has 47 heavy (non-hydrogen) atoms. The first-order valence-corrected chi connectivity index (χ1v) is 17.7. The van der Waals surface area contributed by atoms with Gasteiger partial charge in [0.25, 0.3) is 0 Å². The Labute approximate surface area is 281 Å². The number of carbonyl (C=O) groups is 2. The van der Waals surface area contributed by atoms with E-state index in [1.165, 1.54) is 0 Å². The second-order valence-electron chi connectivity index (χ2n) is 12.0. The zero-order valence-electron chi connectivity index (χ0n) is 29.3. The molecule has 0 aromatic heterocycles. The predicted octanol–water partition coefficient (Wildman–Crippen LogP) is 8.90. The van der Waals surface area contributed by atoms with Crippen molar-refractivity contribution < 1.29 is 38.0 Å². The van der Waals surface area contributed by atoms with Crippen molar-refractivity contribution in [1.29, 1.82) is 0 Å². The van der Waals surface area contributed by atoms with Crippen molar-refractivity contribution in [2.45, 2.75) is 111 Å². The molecule has 0 bridgehead atoms. The number of benzene rings is 3. The monoisotopic (exact) mass is 652 g/mol. The third-order valence-electron chi connectivity index (χ3n) is 7.99. The summed E-state index contributed by atoms with van der Waals surface area (Å²) in [7, 11) is 0. The van der Waals surface area contributed by atoms with E-state index < -0.39 is 12.2 Å². The van der Waals surface area contributed by atoms with E-state index in [2.05, 4.69) is 19.9 Å². The fraction of sp³-hybridized carbons (Fsp3) is 0.590. The fourth-order valence-electron chi connectivity index (χ4n) is 5.49. The number of hydrogen-bond acceptors (Lipinski definition) is 8. The number of unbranched alkanes of at least 4 members (excludes halogenated alkanes) is 6. The average Bonchev–Trinajstić information content (AvgIpc) is 3.07. The van der Waals surface area contributed by atoms with Gasteiger partial charge in [-0.1, -0.05) is 94.3 Å². The molecule has 3 aromatic carbocycles. The van der Waals surface area contributed by atoms with Crippen molar-refractivity contribution in [3.63, 3.8) is 0 Å². The topological polar surface area (TPSA) is 89.5 Å². The molecular weight excluding hydrogens is 596 g/mol. The Balaban J connectivity index is 1.86. The first-order chi connectivity index (χ1) is 22.9. The summed E-state index contributed by atoms with van der Waals surface area (Å²) in [5, 5.41) is 3.50. The molecule has 8 nitrogen and oxygen atoms in total. The summed E-state index contributed by atoms with van der Waals surface area (Å²) < 4.78 is 36.0. The molecule has 0 fully saturated rings. The predicted molar refractivity (Wildman–Crippen MR) is 187 cm³/mol. The molecule has 0 saturated heterocycles. The van der Waals surface area contributed by atoms with Crippen LogP contribution in [0.2, 0.25) is 0 Å². The summed E-state index contributed by atoms with van der Waals surface area (Å²) in [5.74, 6) is 0.920. The Morgan fingerprint density at radius 1 is 0.574 bits per heavy atom. The third-order valence-corrected chi connectivity index (χ3v) is 7.99. The Kier molecular flexibility index (Phi) is 17.4. The molecule has 260 valence electrons. The molecule has 0 aliphatic heterocycles. The summed E-state index contributed by atoms with van der Waals surface area (Å²) in [6.45, 7) is 12.0. The lowest BCUT2D eigenvalue weighted by Gasteiger charge is -2.23. The van der Waals surface area contributed by atoms with Crippen LogP contribution < -0.4 is 9.47 Å². The van der Waals surface area contributed by atoms with Gasteiger partial charge in [0.05, 0.1) is 13.2 Å². The van der Waals surface area contributed by atoms with Crippen LogP contribution in [0.5, 0.6) is 11.5 Å². The molecule has 0 heterocycles. The molecule has 0 N–H and O–H groups in total. The zero-order valence-corrected chi connectivity index (χ0v) is 29.3. The Bertz CT molecular complexity index is 1370. The van der Waals surface area contributed by atoms with E-state index >= 15 is 0 Å². The van der Waals surface area contributed by atoms with Crippen LogP contribution in [0.1, 0.15) is 97.5 Å². The normalized spacial score (nSPS) is 12.6. The van der Waals surface area contributed by atoms with Crippen molar-refractivity contribution in [3.05, 3.63) is 48.0 Å². The molecule has 0 saturated carbocycles. The Hall–Kier alpha value is -3.36. The van der Waals surface area contributed by atoms with Gasteiger partial charge >= 0.3 is 11.9 Å². The second kappa shape index (κ2) is 21.5. The number of carbonyl (C=O) groups excluding carboxylic acids is 2. The molecule has 2 atom stereocenters. The molecule has 2 unspecified atom stereocenters. The molecular formula is C39H56O8. The van der Waals surface area contributed by atoms with Gasteiger partial charge in [-0.05, 0) is 39.7 Å². The summed E-state index contributed by atoms with van der Waals surface area (Å²) in [5.41, 5.74) is 1.07. The molecule has 3 rings (SSSR count). The fourth-order valence-corrected chi connectivity index (χ4v) is 5.49. The third kappa shape index (κ3) is 12.6. The first-order valence-electron chi connectivity index (χ1n) is 17.7. The highest BCUT2D eigenvalue weighted by Gasteiger charge is 2.22. The summed E-state index contributed by atoms with van der Waals surface area (Å²) in [6.07, 6.45) is 7.78. The van der Waals surface area contributed by atoms with Gasteiger partial charge in [0, 0.05) is 47.6 Å². The quantitative estimate of drug-likeness (QED) is 0.0539.